The highest BCUT2D eigenvalue weighted by Gasteiger charge is 2.21. The number of piperazine rings is 1. The van der Waals surface area contributed by atoms with Crippen LogP contribution < -0.4 is 10.2 Å². The second-order valence-corrected chi connectivity index (χ2v) is 5.90. The predicted molar refractivity (Wildman–Crippen MR) is 92.2 cm³/mol. The van der Waals surface area contributed by atoms with Crippen molar-refractivity contribution in [2.45, 2.75) is 6.54 Å². The molecule has 0 saturated carbocycles. The third-order valence-electron chi connectivity index (χ3n) is 4.02. The summed E-state index contributed by atoms with van der Waals surface area (Å²) in [4.78, 5) is 13.0. The molecule has 6 nitrogen and oxygen atoms in total. The lowest BCUT2D eigenvalue weighted by atomic mass is 10.2. The van der Waals surface area contributed by atoms with E-state index in [4.69, 9.17) is 11.6 Å². The van der Waals surface area contributed by atoms with Crippen LogP contribution in [0.4, 0.5) is 11.5 Å². The number of aromatic nitrogens is 2. The minimum atomic E-state index is 0.315. The molecule has 2 N–H and O–H groups in total. The van der Waals surface area contributed by atoms with Crippen molar-refractivity contribution in [2.24, 2.45) is 0 Å². The number of benzene rings is 1. The van der Waals surface area contributed by atoms with Gasteiger partial charge in [0.2, 0.25) is 0 Å². The quantitative estimate of drug-likeness (QED) is 0.836. The van der Waals surface area contributed by atoms with Gasteiger partial charge in [-0.1, -0.05) is 23.7 Å². The van der Waals surface area contributed by atoms with E-state index in [-0.39, 0.29) is 0 Å². The van der Waals surface area contributed by atoms with Gasteiger partial charge in [-0.25, -0.2) is 9.97 Å². The molecule has 1 aliphatic rings. The lowest BCUT2D eigenvalue weighted by Crippen LogP contribution is -2.46. The van der Waals surface area contributed by atoms with Crippen molar-refractivity contribution in [2.75, 3.05) is 43.4 Å². The standard InChI is InChI=1S/C16H20ClN5O/c1-18-14-15(17)19-11-20-16(14)22-7-5-21(6-8-22)10-12-3-2-4-13(23)9-12/h2-4,9,11,18,23H,5-8,10H2,1H3. The van der Waals surface area contributed by atoms with E-state index in [2.05, 4.69) is 25.1 Å². The maximum Gasteiger partial charge on any atom is 0.157 e. The Labute approximate surface area is 140 Å². The number of hydrogen-bond donors (Lipinski definition) is 2. The Balaban J connectivity index is 1.64. The molecule has 0 spiro atoms. The van der Waals surface area contributed by atoms with E-state index in [1.165, 1.54) is 6.33 Å². The fraction of sp³-hybridized carbons (Fsp3) is 0.375. The molecule has 122 valence electrons. The second-order valence-electron chi connectivity index (χ2n) is 5.55. The number of anilines is 2. The van der Waals surface area contributed by atoms with E-state index in [9.17, 15) is 5.11 Å². The Hall–Kier alpha value is -2.05. The van der Waals surface area contributed by atoms with Crippen molar-refractivity contribution in [3.8, 4) is 5.75 Å². The van der Waals surface area contributed by atoms with Crippen LogP contribution in [0.5, 0.6) is 5.75 Å². The molecule has 0 aliphatic carbocycles. The summed E-state index contributed by atoms with van der Waals surface area (Å²) in [5.74, 6) is 1.17. The Morgan fingerprint density at radius 2 is 2.00 bits per heavy atom. The molecule has 0 amide bonds. The summed E-state index contributed by atoms with van der Waals surface area (Å²) in [6, 6.07) is 7.42. The van der Waals surface area contributed by atoms with Crippen LogP contribution in [-0.4, -0.2) is 53.2 Å². The number of hydrogen-bond acceptors (Lipinski definition) is 6. The molecule has 2 heterocycles. The molecule has 1 aromatic carbocycles. The van der Waals surface area contributed by atoms with E-state index in [1.807, 2.05) is 25.2 Å². The molecule has 1 aliphatic heterocycles. The SMILES string of the molecule is CNc1c(Cl)ncnc1N1CCN(Cc2cccc(O)c2)CC1. The molecule has 1 aromatic heterocycles. The van der Waals surface area contributed by atoms with Crippen molar-refractivity contribution in [3.63, 3.8) is 0 Å². The van der Waals surface area contributed by atoms with Crippen molar-refractivity contribution in [1.29, 1.82) is 0 Å². The molecule has 3 rings (SSSR count). The zero-order valence-electron chi connectivity index (χ0n) is 13.0. The summed E-state index contributed by atoms with van der Waals surface area (Å²) in [7, 11) is 1.83. The van der Waals surface area contributed by atoms with Gasteiger partial charge in [-0.15, -0.1) is 0 Å². The highest BCUT2D eigenvalue weighted by atomic mass is 35.5. The van der Waals surface area contributed by atoms with Crippen molar-refractivity contribution in [1.82, 2.24) is 14.9 Å². The van der Waals surface area contributed by atoms with E-state index in [0.717, 1.165) is 49.8 Å². The molecule has 0 radical (unpaired) electrons. The first-order valence-corrected chi connectivity index (χ1v) is 7.98. The van der Waals surface area contributed by atoms with Crippen molar-refractivity contribution in [3.05, 3.63) is 41.3 Å². The molecule has 1 saturated heterocycles. The number of aromatic hydroxyl groups is 1. The third-order valence-corrected chi connectivity index (χ3v) is 4.31. The summed E-state index contributed by atoms with van der Waals surface area (Å²) in [6.07, 6.45) is 1.50. The molecule has 23 heavy (non-hydrogen) atoms. The zero-order chi connectivity index (χ0) is 16.2. The smallest absolute Gasteiger partial charge is 0.157 e. The van der Waals surface area contributed by atoms with Gasteiger partial charge >= 0.3 is 0 Å². The van der Waals surface area contributed by atoms with Crippen molar-refractivity contribution < 1.29 is 5.11 Å². The second kappa shape index (κ2) is 7.02. The number of rotatable bonds is 4. The lowest BCUT2D eigenvalue weighted by molar-refractivity contribution is 0.249. The Morgan fingerprint density at radius 3 is 2.70 bits per heavy atom. The molecule has 1 fully saturated rings. The van der Waals surface area contributed by atoms with Gasteiger partial charge in [0, 0.05) is 39.8 Å². The maximum atomic E-state index is 9.56. The largest absolute Gasteiger partial charge is 0.508 e. The number of phenolic OH excluding ortho intramolecular Hbond substituents is 1. The van der Waals surface area contributed by atoms with Crippen LogP contribution in [0.2, 0.25) is 5.15 Å². The summed E-state index contributed by atoms with van der Waals surface area (Å²) < 4.78 is 0. The first-order chi connectivity index (χ1) is 11.2. The van der Waals surface area contributed by atoms with E-state index in [0.29, 0.717) is 10.9 Å². The van der Waals surface area contributed by atoms with Gasteiger partial charge in [0.25, 0.3) is 0 Å². The molecule has 0 bridgehead atoms. The molecule has 2 aromatic rings. The first kappa shape index (κ1) is 15.8. The minimum Gasteiger partial charge on any atom is -0.508 e. The first-order valence-electron chi connectivity index (χ1n) is 7.61. The molecule has 0 atom stereocenters. The predicted octanol–water partition coefficient (Wildman–Crippen LogP) is 2.20. The summed E-state index contributed by atoms with van der Waals surface area (Å²) in [5, 5.41) is 13.1. The third kappa shape index (κ3) is 3.65. The average molecular weight is 334 g/mol. The molecule has 0 unspecified atom stereocenters. The lowest BCUT2D eigenvalue weighted by Gasteiger charge is -2.36. The Kier molecular flexibility index (Phi) is 4.83. The highest BCUT2D eigenvalue weighted by molar-refractivity contribution is 6.32. The summed E-state index contributed by atoms with van der Waals surface area (Å²) in [5.41, 5.74) is 1.90. The summed E-state index contributed by atoms with van der Waals surface area (Å²) in [6.45, 7) is 4.45. The van der Waals surface area contributed by atoms with Crippen molar-refractivity contribution >= 4 is 23.1 Å². The van der Waals surface area contributed by atoms with Crippen LogP contribution in [0.15, 0.2) is 30.6 Å². The van der Waals surface area contributed by atoms with Crippen LogP contribution in [0, 0.1) is 0 Å². The number of nitrogens with zero attached hydrogens (tertiary/aromatic N) is 4. The number of halogens is 1. The number of phenols is 1. The van der Waals surface area contributed by atoms with Gasteiger partial charge in [0.05, 0.1) is 0 Å². The topological polar surface area (TPSA) is 64.5 Å². The van der Waals surface area contributed by atoms with E-state index >= 15 is 0 Å². The number of nitrogens with one attached hydrogen (secondary N) is 1. The normalized spacial score (nSPS) is 15.7. The molecule has 7 heteroatoms. The minimum absolute atomic E-state index is 0.315. The van der Waals surface area contributed by atoms with Gasteiger partial charge in [-0.3, -0.25) is 4.90 Å². The zero-order valence-corrected chi connectivity index (χ0v) is 13.8. The highest BCUT2D eigenvalue weighted by Crippen LogP contribution is 2.29. The Morgan fingerprint density at radius 1 is 1.22 bits per heavy atom. The molecular weight excluding hydrogens is 314 g/mol. The van der Waals surface area contributed by atoms with Crippen LogP contribution >= 0.6 is 11.6 Å². The van der Waals surface area contributed by atoms with Gasteiger partial charge in [0.15, 0.2) is 11.0 Å². The summed E-state index contributed by atoms with van der Waals surface area (Å²) >= 11 is 6.13. The van der Waals surface area contributed by atoms with Crippen LogP contribution in [0.1, 0.15) is 5.56 Å². The fourth-order valence-electron chi connectivity index (χ4n) is 2.84. The van der Waals surface area contributed by atoms with E-state index in [1.54, 1.807) is 6.07 Å². The van der Waals surface area contributed by atoms with Crippen LogP contribution in [0.3, 0.4) is 0 Å². The average Bonchev–Trinajstić information content (AvgIpc) is 2.55. The van der Waals surface area contributed by atoms with Gasteiger partial charge in [0.1, 0.15) is 17.8 Å². The van der Waals surface area contributed by atoms with Crippen LogP contribution in [-0.2, 0) is 6.54 Å². The Bertz CT molecular complexity index is 673. The molecular formula is C16H20ClN5O. The fourth-order valence-corrected chi connectivity index (χ4v) is 3.06. The van der Waals surface area contributed by atoms with Gasteiger partial charge < -0.3 is 15.3 Å². The monoisotopic (exact) mass is 333 g/mol. The maximum absolute atomic E-state index is 9.56. The van der Waals surface area contributed by atoms with Gasteiger partial charge in [-0.05, 0) is 17.7 Å². The van der Waals surface area contributed by atoms with Crippen LogP contribution in [0.25, 0.3) is 0 Å². The van der Waals surface area contributed by atoms with Gasteiger partial charge in [-0.2, -0.15) is 0 Å². The van der Waals surface area contributed by atoms with E-state index < -0.39 is 0 Å².